The van der Waals surface area contributed by atoms with E-state index < -0.39 is 0 Å². The van der Waals surface area contributed by atoms with Crippen LogP contribution in [0.25, 0.3) is 0 Å². The van der Waals surface area contributed by atoms with Crippen LogP contribution in [-0.2, 0) is 0 Å². The molecule has 1 fully saturated rings. The standard InChI is InChI=1S/C17H25NO2/c1-13-10-14(2)12-18(11-13)8-9-20-17-6-4-16(5-7-17)15(3)19/h4-7,13-14H,8-12H2,1-3H3/p+1/t13-,14+. The molecule has 3 atom stereocenters. The van der Waals surface area contributed by atoms with Crippen molar-refractivity contribution in [2.75, 3.05) is 26.2 Å². The lowest BCUT2D eigenvalue weighted by Crippen LogP contribution is -3.14. The maximum absolute atomic E-state index is 11.2. The highest BCUT2D eigenvalue weighted by atomic mass is 16.5. The number of nitrogens with one attached hydrogen (secondary N) is 1. The molecule has 0 aliphatic carbocycles. The second-order valence-corrected chi connectivity index (χ2v) is 6.28. The van der Waals surface area contributed by atoms with Gasteiger partial charge in [0, 0.05) is 17.4 Å². The number of benzene rings is 1. The molecule has 0 radical (unpaired) electrons. The van der Waals surface area contributed by atoms with Crippen LogP contribution in [0.1, 0.15) is 37.6 Å². The molecule has 0 bridgehead atoms. The number of ether oxygens (including phenoxy) is 1. The highest BCUT2D eigenvalue weighted by Gasteiger charge is 2.24. The summed E-state index contributed by atoms with van der Waals surface area (Å²) in [6.45, 7) is 10.6. The number of carbonyl (C=O) groups is 1. The van der Waals surface area contributed by atoms with E-state index in [4.69, 9.17) is 4.74 Å². The minimum Gasteiger partial charge on any atom is -0.488 e. The third-order valence-corrected chi connectivity index (χ3v) is 4.06. The zero-order chi connectivity index (χ0) is 14.5. The second-order valence-electron chi connectivity index (χ2n) is 6.28. The van der Waals surface area contributed by atoms with Gasteiger partial charge in [0.15, 0.2) is 5.78 Å². The molecule has 0 aromatic heterocycles. The number of hydrogen-bond acceptors (Lipinski definition) is 2. The molecule has 1 unspecified atom stereocenters. The van der Waals surface area contributed by atoms with E-state index in [9.17, 15) is 4.79 Å². The Balaban J connectivity index is 1.76. The van der Waals surface area contributed by atoms with Crippen LogP contribution in [0.15, 0.2) is 24.3 Å². The van der Waals surface area contributed by atoms with Crippen LogP contribution in [0, 0.1) is 11.8 Å². The third kappa shape index (κ3) is 4.34. The van der Waals surface area contributed by atoms with Crippen molar-refractivity contribution >= 4 is 5.78 Å². The Morgan fingerprint density at radius 1 is 1.20 bits per heavy atom. The van der Waals surface area contributed by atoms with E-state index in [-0.39, 0.29) is 5.78 Å². The number of Topliss-reactive ketones (excluding diaryl/α,β-unsaturated/α-hetero) is 1. The molecule has 1 heterocycles. The Morgan fingerprint density at radius 2 is 1.80 bits per heavy atom. The molecule has 20 heavy (non-hydrogen) atoms. The summed E-state index contributed by atoms with van der Waals surface area (Å²) in [5.41, 5.74) is 0.738. The molecule has 0 spiro atoms. The number of ketones is 1. The fraction of sp³-hybridized carbons (Fsp3) is 0.588. The number of quaternary nitrogens is 1. The zero-order valence-electron chi connectivity index (χ0n) is 12.8. The number of piperidine rings is 1. The number of hydrogen-bond donors (Lipinski definition) is 1. The number of carbonyl (C=O) groups excluding carboxylic acids is 1. The average Bonchev–Trinajstić information content (AvgIpc) is 2.38. The van der Waals surface area contributed by atoms with Crippen molar-refractivity contribution in [3.63, 3.8) is 0 Å². The Labute approximate surface area is 121 Å². The number of rotatable bonds is 5. The predicted molar refractivity (Wildman–Crippen MR) is 80.5 cm³/mol. The Kier molecular flexibility index (Phi) is 5.18. The first kappa shape index (κ1) is 15.0. The minimum atomic E-state index is 0.0947. The molecule has 1 aromatic carbocycles. The van der Waals surface area contributed by atoms with Crippen LogP contribution in [0.3, 0.4) is 0 Å². The summed E-state index contributed by atoms with van der Waals surface area (Å²) < 4.78 is 5.78. The molecule has 1 saturated heterocycles. The summed E-state index contributed by atoms with van der Waals surface area (Å²) in [4.78, 5) is 12.8. The van der Waals surface area contributed by atoms with Gasteiger partial charge in [-0.3, -0.25) is 4.79 Å². The lowest BCUT2D eigenvalue weighted by atomic mass is 9.92. The molecule has 1 aliphatic rings. The van der Waals surface area contributed by atoms with Crippen molar-refractivity contribution in [2.24, 2.45) is 11.8 Å². The summed E-state index contributed by atoms with van der Waals surface area (Å²) in [5, 5.41) is 0. The van der Waals surface area contributed by atoms with E-state index in [1.807, 2.05) is 24.3 Å². The predicted octanol–water partition coefficient (Wildman–Crippen LogP) is 1.83. The molecule has 110 valence electrons. The first-order valence-electron chi connectivity index (χ1n) is 7.62. The highest BCUT2D eigenvalue weighted by Crippen LogP contribution is 2.13. The summed E-state index contributed by atoms with van der Waals surface area (Å²) in [6, 6.07) is 7.42. The molecule has 1 aliphatic heterocycles. The van der Waals surface area contributed by atoms with Gasteiger partial charge in [0.1, 0.15) is 18.9 Å². The molecule has 1 N–H and O–H groups in total. The van der Waals surface area contributed by atoms with Gasteiger partial charge in [-0.2, -0.15) is 0 Å². The van der Waals surface area contributed by atoms with Crippen molar-refractivity contribution in [2.45, 2.75) is 27.2 Å². The quantitative estimate of drug-likeness (QED) is 0.832. The normalized spacial score (nSPS) is 26.2. The van der Waals surface area contributed by atoms with E-state index in [0.29, 0.717) is 0 Å². The SMILES string of the molecule is CC(=O)c1ccc(OCC[NH+]2C[C@H](C)C[C@H](C)C2)cc1. The van der Waals surface area contributed by atoms with E-state index in [2.05, 4.69) is 13.8 Å². The maximum Gasteiger partial charge on any atom is 0.159 e. The molecular weight excluding hydrogens is 250 g/mol. The van der Waals surface area contributed by atoms with Gasteiger partial charge in [-0.05, 0) is 37.6 Å². The molecular formula is C17H26NO2+. The van der Waals surface area contributed by atoms with Gasteiger partial charge < -0.3 is 9.64 Å². The van der Waals surface area contributed by atoms with Gasteiger partial charge in [0.25, 0.3) is 0 Å². The summed E-state index contributed by atoms with van der Waals surface area (Å²) in [6.07, 6.45) is 1.36. The second kappa shape index (κ2) is 6.89. The first-order chi connectivity index (χ1) is 9.54. The fourth-order valence-electron chi connectivity index (χ4n) is 3.23. The summed E-state index contributed by atoms with van der Waals surface area (Å²) in [5.74, 6) is 2.59. The van der Waals surface area contributed by atoms with E-state index in [1.54, 1.807) is 11.8 Å². The number of likely N-dealkylation sites (tertiary alicyclic amines) is 1. The highest BCUT2D eigenvalue weighted by molar-refractivity contribution is 5.94. The van der Waals surface area contributed by atoms with E-state index in [0.717, 1.165) is 36.3 Å². The van der Waals surface area contributed by atoms with Crippen molar-refractivity contribution in [3.8, 4) is 5.75 Å². The molecule has 3 nitrogen and oxygen atoms in total. The Hall–Kier alpha value is -1.35. The zero-order valence-corrected chi connectivity index (χ0v) is 12.8. The summed E-state index contributed by atoms with van der Waals surface area (Å²) in [7, 11) is 0. The fourth-order valence-corrected chi connectivity index (χ4v) is 3.23. The smallest absolute Gasteiger partial charge is 0.159 e. The van der Waals surface area contributed by atoms with Gasteiger partial charge >= 0.3 is 0 Å². The van der Waals surface area contributed by atoms with Crippen molar-refractivity contribution in [1.29, 1.82) is 0 Å². The van der Waals surface area contributed by atoms with Gasteiger partial charge in [0.2, 0.25) is 0 Å². The largest absolute Gasteiger partial charge is 0.488 e. The summed E-state index contributed by atoms with van der Waals surface area (Å²) >= 11 is 0. The lowest BCUT2D eigenvalue weighted by molar-refractivity contribution is -0.912. The van der Waals surface area contributed by atoms with Crippen molar-refractivity contribution in [1.82, 2.24) is 0 Å². The maximum atomic E-state index is 11.2. The lowest BCUT2D eigenvalue weighted by Gasteiger charge is -2.31. The molecule has 0 saturated carbocycles. The van der Waals surface area contributed by atoms with Crippen molar-refractivity contribution in [3.05, 3.63) is 29.8 Å². The molecule has 0 amide bonds. The molecule has 1 aromatic rings. The van der Waals surface area contributed by atoms with Crippen LogP contribution in [0.2, 0.25) is 0 Å². The van der Waals surface area contributed by atoms with Gasteiger partial charge in [0.05, 0.1) is 13.1 Å². The van der Waals surface area contributed by atoms with Crippen LogP contribution in [-0.4, -0.2) is 32.0 Å². The van der Waals surface area contributed by atoms with Crippen LogP contribution in [0.5, 0.6) is 5.75 Å². The minimum absolute atomic E-state index is 0.0947. The van der Waals surface area contributed by atoms with Crippen molar-refractivity contribution < 1.29 is 14.4 Å². The first-order valence-corrected chi connectivity index (χ1v) is 7.62. The van der Waals surface area contributed by atoms with Crippen LogP contribution < -0.4 is 9.64 Å². The molecule has 3 heteroatoms. The molecule has 2 rings (SSSR count). The van der Waals surface area contributed by atoms with Gasteiger partial charge in [-0.25, -0.2) is 0 Å². The van der Waals surface area contributed by atoms with Crippen LogP contribution >= 0.6 is 0 Å². The van der Waals surface area contributed by atoms with Gasteiger partial charge in [-0.1, -0.05) is 13.8 Å². The van der Waals surface area contributed by atoms with E-state index in [1.165, 1.54) is 19.5 Å². The monoisotopic (exact) mass is 276 g/mol. The van der Waals surface area contributed by atoms with Gasteiger partial charge in [-0.15, -0.1) is 0 Å². The van der Waals surface area contributed by atoms with Crippen LogP contribution in [0.4, 0.5) is 0 Å². The Bertz CT molecular complexity index is 431. The average molecular weight is 276 g/mol. The third-order valence-electron chi connectivity index (χ3n) is 4.06. The topological polar surface area (TPSA) is 30.7 Å². The Morgan fingerprint density at radius 3 is 2.35 bits per heavy atom. The van der Waals surface area contributed by atoms with E-state index >= 15 is 0 Å².